The quantitative estimate of drug-likeness (QED) is 0.555. The van der Waals surface area contributed by atoms with E-state index in [0.717, 1.165) is 10.4 Å². The number of thiazole rings is 1. The zero-order chi connectivity index (χ0) is 22.1. The lowest BCUT2D eigenvalue weighted by Crippen LogP contribution is -2.40. The number of nitrogens with zero attached hydrogens (tertiary/aromatic N) is 2. The highest BCUT2D eigenvalue weighted by molar-refractivity contribution is 7.11. The largest absolute Gasteiger partial charge is 0.497 e. The first-order valence-electron chi connectivity index (χ1n) is 9.80. The number of benzene rings is 1. The Morgan fingerprint density at radius 1 is 1.23 bits per heavy atom. The monoisotopic (exact) mass is 454 g/mol. The molecule has 1 aliphatic heterocycles. The standard InChI is InChI=1S/C23H22N2O4S2/c1-13(2)29-22(27)19-14(3)24-23-25(20(19)15-7-9-16(28-4)10-8-15)21(26)18(31-23)12-17-6-5-11-30-17/h5-13,20H,1-4H3/b18-12+/t20-/m1/s1. The molecule has 0 unspecified atom stereocenters. The second kappa shape index (κ2) is 8.64. The van der Waals surface area contributed by atoms with Gasteiger partial charge in [-0.1, -0.05) is 29.5 Å². The van der Waals surface area contributed by atoms with Crippen molar-refractivity contribution in [3.05, 3.63) is 83.2 Å². The SMILES string of the molecule is COc1ccc([C@@H]2C(C(=O)OC(C)C)=C(C)N=c3s/c(=C/c4cccs4)c(=O)n32)cc1. The first-order valence-corrected chi connectivity index (χ1v) is 11.5. The minimum atomic E-state index is -0.626. The molecule has 3 aromatic rings. The van der Waals surface area contributed by atoms with Gasteiger partial charge in [0.25, 0.3) is 5.56 Å². The summed E-state index contributed by atoms with van der Waals surface area (Å²) in [6.07, 6.45) is 1.58. The van der Waals surface area contributed by atoms with E-state index in [-0.39, 0.29) is 11.7 Å². The predicted octanol–water partition coefficient (Wildman–Crippen LogP) is 3.26. The molecule has 0 spiro atoms. The van der Waals surface area contributed by atoms with Gasteiger partial charge in [0.2, 0.25) is 0 Å². The number of rotatable bonds is 5. The summed E-state index contributed by atoms with van der Waals surface area (Å²) < 4.78 is 12.9. The molecule has 0 bridgehead atoms. The van der Waals surface area contributed by atoms with Crippen LogP contribution in [-0.2, 0) is 9.53 Å². The highest BCUT2D eigenvalue weighted by Gasteiger charge is 2.33. The number of fused-ring (bicyclic) bond motifs is 1. The zero-order valence-electron chi connectivity index (χ0n) is 17.6. The third-order valence-electron chi connectivity index (χ3n) is 4.83. The second-order valence-electron chi connectivity index (χ2n) is 7.32. The lowest BCUT2D eigenvalue weighted by atomic mass is 9.96. The predicted molar refractivity (Wildman–Crippen MR) is 122 cm³/mol. The number of thiophene rings is 1. The highest BCUT2D eigenvalue weighted by Crippen LogP contribution is 2.31. The summed E-state index contributed by atoms with van der Waals surface area (Å²) in [7, 11) is 1.60. The van der Waals surface area contributed by atoms with Crippen molar-refractivity contribution in [3.8, 4) is 5.75 Å². The molecule has 31 heavy (non-hydrogen) atoms. The third kappa shape index (κ3) is 4.13. The van der Waals surface area contributed by atoms with Crippen LogP contribution in [0.1, 0.15) is 37.3 Å². The lowest BCUT2D eigenvalue weighted by molar-refractivity contribution is -0.143. The average Bonchev–Trinajstić information content (AvgIpc) is 3.35. The van der Waals surface area contributed by atoms with Gasteiger partial charge in [-0.15, -0.1) is 11.3 Å². The van der Waals surface area contributed by atoms with Crippen LogP contribution in [0.25, 0.3) is 6.08 Å². The summed E-state index contributed by atoms with van der Waals surface area (Å²) in [5, 5.41) is 1.97. The number of carbonyl (C=O) groups excluding carboxylic acids is 1. The summed E-state index contributed by atoms with van der Waals surface area (Å²) in [5.74, 6) is 0.227. The number of allylic oxidation sites excluding steroid dienone is 1. The van der Waals surface area contributed by atoms with Gasteiger partial charge in [0.1, 0.15) is 5.75 Å². The molecule has 1 aromatic carbocycles. The van der Waals surface area contributed by atoms with Gasteiger partial charge in [0.15, 0.2) is 4.80 Å². The average molecular weight is 455 g/mol. The van der Waals surface area contributed by atoms with E-state index >= 15 is 0 Å². The number of aromatic nitrogens is 1. The molecule has 0 N–H and O–H groups in total. The molecular formula is C23H22N2O4S2. The Kier molecular flexibility index (Phi) is 5.93. The van der Waals surface area contributed by atoms with Gasteiger partial charge in [0, 0.05) is 4.88 Å². The van der Waals surface area contributed by atoms with Crippen molar-refractivity contribution >= 4 is 34.7 Å². The summed E-state index contributed by atoms with van der Waals surface area (Å²) in [6, 6.07) is 10.6. The molecule has 160 valence electrons. The van der Waals surface area contributed by atoms with Gasteiger partial charge in [-0.2, -0.15) is 0 Å². The van der Waals surface area contributed by atoms with E-state index in [9.17, 15) is 9.59 Å². The van der Waals surface area contributed by atoms with Crippen LogP contribution in [0, 0.1) is 0 Å². The van der Waals surface area contributed by atoms with Crippen molar-refractivity contribution in [3.63, 3.8) is 0 Å². The van der Waals surface area contributed by atoms with Crippen LogP contribution in [0.15, 0.2) is 62.8 Å². The molecule has 1 atom stereocenters. The number of methoxy groups -OCH3 is 1. The van der Waals surface area contributed by atoms with E-state index in [1.165, 1.54) is 11.3 Å². The number of hydrogen-bond acceptors (Lipinski definition) is 7. The molecule has 0 saturated heterocycles. The van der Waals surface area contributed by atoms with Crippen LogP contribution in [0.2, 0.25) is 0 Å². The van der Waals surface area contributed by atoms with E-state index in [4.69, 9.17) is 9.47 Å². The minimum absolute atomic E-state index is 0.180. The topological polar surface area (TPSA) is 69.9 Å². The summed E-state index contributed by atoms with van der Waals surface area (Å²) in [4.78, 5) is 32.6. The molecule has 0 radical (unpaired) electrons. The van der Waals surface area contributed by atoms with Crippen molar-refractivity contribution in [1.82, 2.24) is 4.57 Å². The molecule has 8 heteroatoms. The van der Waals surface area contributed by atoms with Crippen LogP contribution in [0.4, 0.5) is 0 Å². The number of esters is 1. The van der Waals surface area contributed by atoms with Crippen molar-refractivity contribution in [2.45, 2.75) is 32.9 Å². The number of hydrogen-bond donors (Lipinski definition) is 0. The van der Waals surface area contributed by atoms with E-state index in [1.807, 2.05) is 47.9 Å². The van der Waals surface area contributed by atoms with Gasteiger partial charge in [-0.05, 0) is 56.0 Å². The Labute approximate surface area is 187 Å². The number of carbonyl (C=O) groups is 1. The van der Waals surface area contributed by atoms with E-state index < -0.39 is 12.0 Å². The van der Waals surface area contributed by atoms with Gasteiger partial charge >= 0.3 is 5.97 Å². The van der Waals surface area contributed by atoms with E-state index in [0.29, 0.717) is 26.4 Å². The van der Waals surface area contributed by atoms with Crippen molar-refractivity contribution in [2.24, 2.45) is 4.99 Å². The summed E-state index contributed by atoms with van der Waals surface area (Å²) in [6.45, 7) is 5.38. The van der Waals surface area contributed by atoms with Crippen LogP contribution in [0.3, 0.4) is 0 Å². The molecule has 0 aliphatic carbocycles. The Morgan fingerprint density at radius 3 is 2.58 bits per heavy atom. The fourth-order valence-corrected chi connectivity index (χ4v) is 5.23. The fraction of sp³-hybridized carbons (Fsp3) is 0.261. The fourth-order valence-electron chi connectivity index (χ4n) is 3.46. The molecule has 0 saturated carbocycles. The van der Waals surface area contributed by atoms with Crippen LogP contribution >= 0.6 is 22.7 Å². The first kappa shape index (κ1) is 21.3. The minimum Gasteiger partial charge on any atom is -0.497 e. The third-order valence-corrected chi connectivity index (χ3v) is 6.63. The van der Waals surface area contributed by atoms with Gasteiger partial charge in [0.05, 0.1) is 35.1 Å². The molecule has 4 rings (SSSR count). The molecule has 0 amide bonds. The molecule has 1 aliphatic rings. The molecule has 6 nitrogen and oxygen atoms in total. The van der Waals surface area contributed by atoms with Crippen LogP contribution in [-0.4, -0.2) is 23.8 Å². The van der Waals surface area contributed by atoms with Crippen molar-refractivity contribution in [2.75, 3.05) is 7.11 Å². The number of ether oxygens (including phenoxy) is 2. The normalized spacial score (nSPS) is 16.3. The smallest absolute Gasteiger partial charge is 0.338 e. The van der Waals surface area contributed by atoms with Crippen molar-refractivity contribution < 1.29 is 14.3 Å². The van der Waals surface area contributed by atoms with Crippen LogP contribution in [0.5, 0.6) is 5.75 Å². The van der Waals surface area contributed by atoms with Gasteiger partial charge in [-0.3, -0.25) is 9.36 Å². The maximum atomic E-state index is 13.4. The lowest BCUT2D eigenvalue weighted by Gasteiger charge is -2.25. The molecule has 2 aromatic heterocycles. The van der Waals surface area contributed by atoms with E-state index in [1.54, 1.807) is 43.8 Å². The van der Waals surface area contributed by atoms with Crippen LogP contribution < -0.4 is 19.6 Å². The first-order chi connectivity index (χ1) is 14.9. The highest BCUT2D eigenvalue weighted by atomic mass is 32.1. The van der Waals surface area contributed by atoms with E-state index in [2.05, 4.69) is 4.99 Å². The molecular weight excluding hydrogens is 432 g/mol. The molecule has 0 fully saturated rings. The van der Waals surface area contributed by atoms with Crippen molar-refractivity contribution in [1.29, 1.82) is 0 Å². The summed E-state index contributed by atoms with van der Waals surface area (Å²) >= 11 is 2.88. The van der Waals surface area contributed by atoms with Gasteiger partial charge < -0.3 is 9.47 Å². The summed E-state index contributed by atoms with van der Waals surface area (Å²) in [5.41, 5.74) is 1.53. The van der Waals surface area contributed by atoms with Gasteiger partial charge in [-0.25, -0.2) is 9.79 Å². The maximum Gasteiger partial charge on any atom is 0.338 e. The Morgan fingerprint density at radius 2 is 1.97 bits per heavy atom. The second-order valence-corrected chi connectivity index (χ2v) is 9.31. The Balaban J connectivity index is 1.94. The Bertz CT molecular complexity index is 1310. The zero-order valence-corrected chi connectivity index (χ0v) is 19.3. The Hall–Kier alpha value is -2.97. The molecule has 3 heterocycles. The maximum absolute atomic E-state index is 13.4.